The molecule has 0 saturated heterocycles. The summed E-state index contributed by atoms with van der Waals surface area (Å²) in [5.74, 6) is -2.27. The van der Waals surface area contributed by atoms with E-state index in [-0.39, 0.29) is 94.6 Å². The normalized spacial score (nSPS) is 11.1. The average Bonchev–Trinajstić information content (AvgIpc) is 2.60. The molecule has 11 heteroatoms. The van der Waals surface area contributed by atoms with Crippen molar-refractivity contribution >= 4 is 121 Å². The summed E-state index contributed by atoms with van der Waals surface area (Å²) in [5, 5.41) is 30.1. The van der Waals surface area contributed by atoms with E-state index in [1.54, 1.807) is 31.2 Å². The third-order valence-corrected chi connectivity index (χ3v) is 4.71. The van der Waals surface area contributed by atoms with Gasteiger partial charge in [0.2, 0.25) is 0 Å². The first-order valence-corrected chi connectivity index (χ1v) is 9.03. The first-order valence-electron chi connectivity index (χ1n) is 7.63. The first-order chi connectivity index (χ1) is 12.7. The molecule has 0 fully saturated rings. The molecule has 0 atom stereocenters. The minimum atomic E-state index is -4.81. The van der Waals surface area contributed by atoms with Crippen LogP contribution in [0.2, 0.25) is 0 Å². The standard InChI is InChI=1S/C18H14N2O6S.Ca.Sr/c1-10-6-7-14(15(8-10)27(24,25)26)19-20-16-12-5-3-2-4-11(12)9-13(17(16)21)18(22)23;;/h2-9,21H,1H3,(H,22,23)(H,24,25,26);;/q;2*+2/p-2. The molecule has 0 aliphatic carbocycles. The van der Waals surface area contributed by atoms with E-state index in [0.717, 1.165) is 6.07 Å². The number of nitrogens with zero attached hydrogens (tertiary/aromatic N) is 2. The smallest absolute Gasteiger partial charge is 0.870 e. The molecule has 0 aromatic heterocycles. The summed E-state index contributed by atoms with van der Waals surface area (Å²) >= 11 is 0. The molecule has 0 amide bonds. The van der Waals surface area contributed by atoms with Crippen LogP contribution in [0.3, 0.4) is 0 Å². The fraction of sp³-hybridized carbons (Fsp3) is 0.0556. The van der Waals surface area contributed by atoms with Crippen molar-refractivity contribution in [3.63, 3.8) is 0 Å². The second-order valence-corrected chi connectivity index (χ2v) is 7.10. The maximum atomic E-state index is 12.5. The molecule has 0 unspecified atom stereocenters. The van der Waals surface area contributed by atoms with Gasteiger partial charge in [-0.3, -0.25) is 0 Å². The van der Waals surface area contributed by atoms with E-state index in [1.165, 1.54) is 18.2 Å². The number of carboxylic acid groups (broad SMARTS) is 1. The number of carboxylic acids is 1. The summed E-state index contributed by atoms with van der Waals surface area (Å²) in [6.07, 6.45) is 0. The summed E-state index contributed by atoms with van der Waals surface area (Å²) in [6, 6.07) is 11.7. The summed E-state index contributed by atoms with van der Waals surface area (Å²) in [6.45, 7) is 1.61. The maximum absolute atomic E-state index is 12.5. The Morgan fingerprint density at radius 2 is 1.72 bits per heavy atom. The molecule has 0 radical (unpaired) electrons. The first kappa shape index (κ1) is 26.5. The second-order valence-electron chi connectivity index (χ2n) is 5.75. The van der Waals surface area contributed by atoms with Crippen LogP contribution in [0.4, 0.5) is 11.4 Å². The van der Waals surface area contributed by atoms with E-state index in [1.807, 2.05) is 0 Å². The predicted octanol–water partition coefficient (Wildman–Crippen LogP) is 2.48. The quantitative estimate of drug-likeness (QED) is 0.324. The van der Waals surface area contributed by atoms with Crippen LogP contribution < -0.4 is 5.11 Å². The molecular weight excluding hydrogens is 500 g/mol. The Morgan fingerprint density at radius 3 is 2.34 bits per heavy atom. The van der Waals surface area contributed by atoms with Crippen molar-refractivity contribution in [2.24, 2.45) is 10.2 Å². The molecule has 3 rings (SSSR count). The zero-order valence-electron chi connectivity index (χ0n) is 15.3. The van der Waals surface area contributed by atoms with E-state index in [2.05, 4.69) is 10.2 Å². The van der Waals surface area contributed by atoms with Gasteiger partial charge in [-0.2, -0.15) is 5.11 Å². The van der Waals surface area contributed by atoms with Gasteiger partial charge in [-0.25, -0.2) is 13.2 Å². The molecule has 0 aliphatic rings. The molecule has 0 aliphatic heterocycles. The summed E-state index contributed by atoms with van der Waals surface area (Å²) in [4.78, 5) is 10.8. The minimum absolute atomic E-state index is 0. The zero-order valence-corrected chi connectivity index (χ0v) is 21.8. The van der Waals surface area contributed by atoms with Crippen LogP contribution in [-0.2, 0) is 10.1 Å². The van der Waals surface area contributed by atoms with Gasteiger partial charge in [-0.15, -0.1) is 5.11 Å². The van der Waals surface area contributed by atoms with E-state index < -0.39 is 32.3 Å². The number of fused-ring (bicyclic) bond motifs is 1. The predicted molar refractivity (Wildman–Crippen MR) is 105 cm³/mol. The van der Waals surface area contributed by atoms with Gasteiger partial charge < -0.3 is 14.8 Å². The molecule has 3 aromatic rings. The van der Waals surface area contributed by atoms with Gasteiger partial charge in [0.1, 0.15) is 15.8 Å². The Bertz CT molecular complexity index is 1210. The number of rotatable bonds is 4. The Labute approximate surface area is 233 Å². The fourth-order valence-electron chi connectivity index (χ4n) is 2.58. The van der Waals surface area contributed by atoms with Crippen LogP contribution in [0, 0.1) is 6.92 Å². The van der Waals surface area contributed by atoms with Crippen LogP contribution in [0.1, 0.15) is 15.9 Å². The van der Waals surface area contributed by atoms with Crippen LogP contribution in [0.15, 0.2) is 63.7 Å². The molecule has 0 saturated carbocycles. The van der Waals surface area contributed by atoms with E-state index in [9.17, 15) is 28.0 Å². The van der Waals surface area contributed by atoms with E-state index in [4.69, 9.17) is 0 Å². The van der Waals surface area contributed by atoms with E-state index in [0.29, 0.717) is 16.3 Å². The van der Waals surface area contributed by atoms with Gasteiger partial charge in [0.05, 0.1) is 16.1 Å². The number of aromatic carboxylic acids is 1. The van der Waals surface area contributed by atoms with Gasteiger partial charge in [0.15, 0.2) is 0 Å². The van der Waals surface area contributed by atoms with E-state index >= 15 is 0 Å². The van der Waals surface area contributed by atoms with Gasteiger partial charge >= 0.3 is 89.2 Å². The van der Waals surface area contributed by atoms with Crippen LogP contribution in [-0.4, -0.2) is 107 Å². The van der Waals surface area contributed by atoms with Crippen molar-refractivity contribution < 1.29 is 28.0 Å². The number of carbonyl (C=O) groups is 1. The molecule has 0 spiro atoms. The SMILES string of the molecule is Cc1ccc(N=Nc2c([O-])c(C(=O)O)cc3ccccc23)c(S(=O)(=O)[O-])c1.[Ca+2].[Sr+2]. The topological polar surface area (TPSA) is 142 Å². The second kappa shape index (κ2) is 10.7. The van der Waals surface area contributed by atoms with Crippen molar-refractivity contribution in [1.29, 1.82) is 0 Å². The summed E-state index contributed by atoms with van der Waals surface area (Å²) in [7, 11) is -4.81. The Balaban J connectivity index is 0.00000210. The largest absolute Gasteiger partial charge is 2.00 e. The van der Waals surface area contributed by atoms with Crippen LogP contribution >= 0.6 is 0 Å². The Hall–Kier alpha value is -0.560. The van der Waals surface area contributed by atoms with Crippen LogP contribution in [0.5, 0.6) is 5.75 Å². The summed E-state index contributed by atoms with van der Waals surface area (Å²) in [5.41, 5.74) is -0.436. The number of aryl methyl sites for hydroxylation is 1. The average molecular weight is 512 g/mol. The van der Waals surface area contributed by atoms with Crippen molar-refractivity contribution in [3.05, 3.63) is 59.7 Å². The van der Waals surface area contributed by atoms with Gasteiger partial charge in [-0.1, -0.05) is 36.1 Å². The number of azo groups is 1. The Kier molecular flexibility index (Phi) is 9.72. The van der Waals surface area contributed by atoms with Crippen molar-refractivity contribution in [2.75, 3.05) is 0 Å². The third kappa shape index (κ3) is 5.99. The molecule has 0 heterocycles. The molecule has 1 N–H and O–H groups in total. The zero-order chi connectivity index (χ0) is 19.8. The molecule has 3 aromatic carbocycles. The molecule has 29 heavy (non-hydrogen) atoms. The van der Waals surface area contributed by atoms with Crippen molar-refractivity contribution in [1.82, 2.24) is 0 Å². The molecule has 138 valence electrons. The molecule has 8 nitrogen and oxygen atoms in total. The number of hydrogen-bond acceptors (Lipinski definition) is 7. The maximum Gasteiger partial charge on any atom is 2.00 e. The van der Waals surface area contributed by atoms with Crippen molar-refractivity contribution in [2.45, 2.75) is 11.8 Å². The van der Waals surface area contributed by atoms with Crippen LogP contribution in [0.25, 0.3) is 10.8 Å². The van der Waals surface area contributed by atoms with Gasteiger partial charge in [0, 0.05) is 5.39 Å². The molecular formula is C18H12CaN2O6SSr+2. The number of hydrogen-bond donors (Lipinski definition) is 1. The summed E-state index contributed by atoms with van der Waals surface area (Å²) < 4.78 is 34.3. The van der Waals surface area contributed by atoms with Gasteiger partial charge in [0.25, 0.3) is 0 Å². The number of benzene rings is 3. The fourth-order valence-corrected chi connectivity index (χ4v) is 3.27. The minimum Gasteiger partial charge on any atom is -0.870 e. The van der Waals surface area contributed by atoms with Gasteiger partial charge in [-0.05, 0) is 36.1 Å². The Morgan fingerprint density at radius 1 is 1.07 bits per heavy atom. The monoisotopic (exact) mass is 512 g/mol. The molecule has 0 bridgehead atoms. The van der Waals surface area contributed by atoms with Crippen molar-refractivity contribution in [3.8, 4) is 5.75 Å². The third-order valence-electron chi connectivity index (χ3n) is 3.85.